The van der Waals surface area contributed by atoms with Crippen LogP contribution in [0.3, 0.4) is 0 Å². The molecule has 21 heavy (non-hydrogen) atoms. The van der Waals surface area contributed by atoms with Crippen molar-refractivity contribution in [1.29, 1.82) is 0 Å². The number of oxazole rings is 1. The van der Waals surface area contributed by atoms with Crippen molar-refractivity contribution < 1.29 is 9.21 Å². The maximum absolute atomic E-state index is 12.0. The fraction of sp³-hybridized carbons (Fsp3) is 0.733. The van der Waals surface area contributed by atoms with Crippen LogP contribution in [0.2, 0.25) is 0 Å². The smallest absolute Gasteiger partial charge is 0.403 e. The van der Waals surface area contributed by atoms with Crippen molar-refractivity contribution >= 4 is 5.91 Å². The quantitative estimate of drug-likeness (QED) is 0.895. The SMILES string of the molecule is CC(C)N1CCC(CCN(C)C(=O)c2c[nH]c(=O)o2)CC1. The average molecular weight is 295 g/mol. The van der Waals surface area contributed by atoms with Crippen LogP contribution in [-0.4, -0.2) is 53.4 Å². The summed E-state index contributed by atoms with van der Waals surface area (Å²) in [4.78, 5) is 29.4. The van der Waals surface area contributed by atoms with Gasteiger partial charge in [0.1, 0.15) is 0 Å². The van der Waals surface area contributed by atoms with Gasteiger partial charge in [-0.3, -0.25) is 9.78 Å². The monoisotopic (exact) mass is 295 g/mol. The third-order valence-electron chi connectivity index (χ3n) is 4.33. The van der Waals surface area contributed by atoms with Crippen molar-refractivity contribution in [3.63, 3.8) is 0 Å². The zero-order valence-electron chi connectivity index (χ0n) is 13.1. The first-order valence-corrected chi connectivity index (χ1v) is 7.65. The zero-order chi connectivity index (χ0) is 15.4. The van der Waals surface area contributed by atoms with Gasteiger partial charge in [0.2, 0.25) is 5.76 Å². The zero-order valence-corrected chi connectivity index (χ0v) is 13.1. The van der Waals surface area contributed by atoms with Crippen molar-refractivity contribution in [2.75, 3.05) is 26.7 Å². The van der Waals surface area contributed by atoms with Crippen LogP contribution in [0.1, 0.15) is 43.7 Å². The van der Waals surface area contributed by atoms with Crippen molar-refractivity contribution in [1.82, 2.24) is 14.8 Å². The van der Waals surface area contributed by atoms with Crippen LogP contribution in [0.4, 0.5) is 0 Å². The van der Waals surface area contributed by atoms with Crippen molar-refractivity contribution in [2.45, 2.75) is 39.2 Å². The van der Waals surface area contributed by atoms with Gasteiger partial charge < -0.3 is 14.2 Å². The Labute approximate surface area is 125 Å². The lowest BCUT2D eigenvalue weighted by Crippen LogP contribution is -2.39. The minimum atomic E-state index is -0.590. The number of rotatable bonds is 5. The van der Waals surface area contributed by atoms with Gasteiger partial charge in [0.25, 0.3) is 5.91 Å². The van der Waals surface area contributed by atoms with E-state index in [1.807, 2.05) is 0 Å². The molecule has 0 spiro atoms. The highest BCUT2D eigenvalue weighted by atomic mass is 16.4. The number of likely N-dealkylation sites (tertiary alicyclic amines) is 1. The van der Waals surface area contributed by atoms with Crippen LogP contribution < -0.4 is 5.76 Å². The molecule has 0 atom stereocenters. The Morgan fingerprint density at radius 1 is 1.48 bits per heavy atom. The highest BCUT2D eigenvalue weighted by Crippen LogP contribution is 2.22. The highest BCUT2D eigenvalue weighted by molar-refractivity contribution is 5.90. The van der Waals surface area contributed by atoms with Gasteiger partial charge in [0.15, 0.2) is 0 Å². The second-order valence-electron chi connectivity index (χ2n) is 6.13. The number of amides is 1. The van der Waals surface area contributed by atoms with Gasteiger partial charge in [0, 0.05) is 19.6 Å². The molecule has 2 heterocycles. The summed E-state index contributed by atoms with van der Waals surface area (Å²) in [5, 5.41) is 0. The Bertz CT molecular complexity index is 512. The Kier molecular flexibility index (Phi) is 5.22. The fourth-order valence-electron chi connectivity index (χ4n) is 2.81. The standard InChI is InChI=1S/C15H25N3O3/c1-11(2)18-8-5-12(6-9-18)4-7-17(3)14(19)13-10-16-15(20)21-13/h10-12H,4-9H2,1-3H3,(H,16,20). The molecule has 1 aromatic rings. The van der Waals surface area contributed by atoms with E-state index in [0.29, 0.717) is 18.5 Å². The molecule has 2 rings (SSSR count). The van der Waals surface area contributed by atoms with Crippen molar-refractivity contribution in [3.05, 3.63) is 22.5 Å². The number of piperidine rings is 1. The van der Waals surface area contributed by atoms with Crippen LogP contribution in [-0.2, 0) is 0 Å². The molecule has 1 aliphatic rings. The minimum absolute atomic E-state index is 0.0807. The molecule has 0 bridgehead atoms. The molecule has 0 saturated carbocycles. The molecule has 0 unspecified atom stereocenters. The molecular formula is C15H25N3O3. The lowest BCUT2D eigenvalue weighted by molar-refractivity contribution is 0.0741. The van der Waals surface area contributed by atoms with Crippen LogP contribution in [0, 0.1) is 5.92 Å². The Morgan fingerprint density at radius 3 is 2.67 bits per heavy atom. The topological polar surface area (TPSA) is 69.6 Å². The summed E-state index contributed by atoms with van der Waals surface area (Å²) in [7, 11) is 1.75. The first-order chi connectivity index (χ1) is 9.97. The van der Waals surface area contributed by atoms with E-state index in [1.54, 1.807) is 11.9 Å². The Hall–Kier alpha value is -1.56. The van der Waals surface area contributed by atoms with Crippen LogP contribution in [0.15, 0.2) is 15.4 Å². The maximum Gasteiger partial charge on any atom is 0.416 e. The Balaban J connectivity index is 1.76. The number of carbonyl (C=O) groups is 1. The van der Waals surface area contributed by atoms with Gasteiger partial charge in [-0.1, -0.05) is 0 Å². The third kappa shape index (κ3) is 4.20. The van der Waals surface area contributed by atoms with E-state index in [4.69, 9.17) is 4.42 Å². The number of nitrogens with zero attached hydrogens (tertiary/aromatic N) is 2. The number of carbonyl (C=O) groups excluding carboxylic acids is 1. The van der Waals surface area contributed by atoms with E-state index >= 15 is 0 Å². The van der Waals surface area contributed by atoms with E-state index in [2.05, 4.69) is 23.7 Å². The number of hydrogen-bond acceptors (Lipinski definition) is 4. The molecule has 1 amide bonds. The summed E-state index contributed by atoms with van der Waals surface area (Å²) < 4.78 is 4.79. The van der Waals surface area contributed by atoms with Gasteiger partial charge in [0.05, 0.1) is 6.20 Å². The molecule has 118 valence electrons. The molecule has 0 aromatic carbocycles. The molecule has 1 aromatic heterocycles. The lowest BCUT2D eigenvalue weighted by Gasteiger charge is -2.35. The molecule has 6 nitrogen and oxygen atoms in total. The largest absolute Gasteiger partial charge is 0.416 e. The van der Waals surface area contributed by atoms with Crippen molar-refractivity contribution in [3.8, 4) is 0 Å². The number of hydrogen-bond donors (Lipinski definition) is 1. The van der Waals surface area contributed by atoms with Crippen LogP contribution in [0.5, 0.6) is 0 Å². The van der Waals surface area contributed by atoms with E-state index in [0.717, 1.165) is 19.5 Å². The fourth-order valence-corrected chi connectivity index (χ4v) is 2.81. The summed E-state index contributed by atoms with van der Waals surface area (Å²) in [6, 6.07) is 0.617. The predicted molar refractivity (Wildman–Crippen MR) is 80.3 cm³/mol. The van der Waals surface area contributed by atoms with Gasteiger partial charge in [-0.25, -0.2) is 4.79 Å². The number of nitrogens with one attached hydrogen (secondary N) is 1. The minimum Gasteiger partial charge on any atom is -0.403 e. The van der Waals surface area contributed by atoms with Crippen molar-refractivity contribution in [2.24, 2.45) is 5.92 Å². The molecule has 6 heteroatoms. The molecule has 0 aliphatic carbocycles. The van der Waals surface area contributed by atoms with Gasteiger partial charge in [-0.2, -0.15) is 0 Å². The van der Waals surface area contributed by atoms with E-state index in [-0.39, 0.29) is 11.7 Å². The third-order valence-corrected chi connectivity index (χ3v) is 4.33. The average Bonchev–Trinajstić information content (AvgIpc) is 2.91. The summed E-state index contributed by atoms with van der Waals surface area (Å²) >= 11 is 0. The first-order valence-electron chi connectivity index (χ1n) is 7.65. The second kappa shape index (κ2) is 6.93. The van der Waals surface area contributed by atoms with Gasteiger partial charge in [-0.05, 0) is 52.1 Å². The van der Waals surface area contributed by atoms with E-state index < -0.39 is 5.76 Å². The molecule has 0 radical (unpaired) electrons. The summed E-state index contributed by atoms with van der Waals surface area (Å²) in [6.45, 7) is 7.45. The van der Waals surface area contributed by atoms with Crippen LogP contribution >= 0.6 is 0 Å². The predicted octanol–water partition coefficient (Wildman–Crippen LogP) is 1.55. The molecular weight excluding hydrogens is 270 g/mol. The summed E-state index contributed by atoms with van der Waals surface area (Å²) in [5.74, 6) is -0.0774. The highest BCUT2D eigenvalue weighted by Gasteiger charge is 2.22. The van der Waals surface area contributed by atoms with E-state index in [9.17, 15) is 9.59 Å². The summed E-state index contributed by atoms with van der Waals surface area (Å²) in [6.07, 6.45) is 4.71. The number of H-pyrrole nitrogens is 1. The Morgan fingerprint density at radius 2 is 2.14 bits per heavy atom. The molecule has 1 aliphatic heterocycles. The molecule has 1 N–H and O–H groups in total. The normalized spacial score (nSPS) is 17.3. The summed E-state index contributed by atoms with van der Waals surface area (Å²) in [5.41, 5.74) is 0. The first kappa shape index (κ1) is 15.8. The second-order valence-corrected chi connectivity index (χ2v) is 6.13. The molecule has 1 saturated heterocycles. The van der Waals surface area contributed by atoms with Gasteiger partial charge >= 0.3 is 5.76 Å². The van der Waals surface area contributed by atoms with Gasteiger partial charge in [-0.15, -0.1) is 0 Å². The van der Waals surface area contributed by atoms with Crippen LogP contribution in [0.25, 0.3) is 0 Å². The lowest BCUT2D eigenvalue weighted by atomic mass is 9.93. The van der Waals surface area contributed by atoms with E-state index in [1.165, 1.54) is 19.0 Å². The maximum atomic E-state index is 12.0. The number of aromatic nitrogens is 1. The molecule has 1 fully saturated rings. The number of aromatic amines is 1.